The highest BCUT2D eigenvalue weighted by atomic mass is 16.3. The van der Waals surface area contributed by atoms with Gasteiger partial charge in [0.1, 0.15) is 5.75 Å². The van der Waals surface area contributed by atoms with Crippen molar-refractivity contribution in [2.24, 2.45) is 0 Å². The number of benzene rings is 1. The van der Waals surface area contributed by atoms with Crippen molar-refractivity contribution in [1.29, 1.82) is 0 Å². The zero-order valence-corrected chi connectivity index (χ0v) is 11.8. The maximum absolute atomic E-state index is 12.2. The lowest BCUT2D eigenvalue weighted by Gasteiger charge is -2.26. The number of aryl methyl sites for hydroxylation is 1. The van der Waals surface area contributed by atoms with E-state index in [-0.39, 0.29) is 11.3 Å². The molecule has 20 heavy (non-hydrogen) atoms. The maximum Gasteiger partial charge on any atom is 0.256 e. The Hall–Kier alpha value is -1.81. The van der Waals surface area contributed by atoms with Crippen molar-refractivity contribution in [3.63, 3.8) is 0 Å². The van der Waals surface area contributed by atoms with Gasteiger partial charge in [-0.3, -0.25) is 9.69 Å². The number of hydrogen-bond acceptors (Lipinski definition) is 3. The molecule has 0 saturated carbocycles. The Labute approximate surface area is 118 Å². The van der Waals surface area contributed by atoms with Crippen LogP contribution in [-0.2, 0) is 6.54 Å². The molecule has 1 aliphatic rings. The summed E-state index contributed by atoms with van der Waals surface area (Å²) in [5.74, 6) is 0.137. The summed E-state index contributed by atoms with van der Waals surface area (Å²) in [6.45, 7) is 4.52. The van der Waals surface area contributed by atoms with Crippen LogP contribution in [0.3, 0.4) is 0 Å². The average molecular weight is 272 g/mol. The van der Waals surface area contributed by atoms with Crippen molar-refractivity contribution in [3.8, 4) is 5.75 Å². The highest BCUT2D eigenvalue weighted by Gasteiger charge is 2.17. The number of fused-ring (bicyclic) bond motifs is 1. The van der Waals surface area contributed by atoms with Gasteiger partial charge < -0.3 is 10.1 Å². The molecule has 3 rings (SSSR count). The van der Waals surface area contributed by atoms with Crippen LogP contribution < -0.4 is 5.56 Å². The summed E-state index contributed by atoms with van der Waals surface area (Å²) < 4.78 is 0. The number of piperidine rings is 1. The monoisotopic (exact) mass is 272 g/mol. The van der Waals surface area contributed by atoms with Gasteiger partial charge in [-0.15, -0.1) is 0 Å². The third-order valence-corrected chi connectivity index (χ3v) is 4.07. The summed E-state index contributed by atoms with van der Waals surface area (Å²) in [7, 11) is 0. The van der Waals surface area contributed by atoms with Crippen molar-refractivity contribution >= 4 is 10.9 Å². The topological polar surface area (TPSA) is 56.3 Å². The van der Waals surface area contributed by atoms with E-state index in [1.807, 2.05) is 25.1 Å². The molecule has 4 heteroatoms. The second-order valence-electron chi connectivity index (χ2n) is 5.67. The Morgan fingerprint density at radius 1 is 1.25 bits per heavy atom. The summed E-state index contributed by atoms with van der Waals surface area (Å²) in [6, 6.07) is 5.69. The van der Waals surface area contributed by atoms with Crippen molar-refractivity contribution < 1.29 is 5.11 Å². The standard InChI is InChI=1S/C16H20N2O2/c1-11-5-6-14-12(9-11)15(19)13(16(20)17-14)10-18-7-3-2-4-8-18/h5-6,9H,2-4,7-8,10H2,1H3,(H2,17,19,20). The lowest BCUT2D eigenvalue weighted by atomic mass is 10.1. The molecule has 2 heterocycles. The number of hydrogen-bond donors (Lipinski definition) is 2. The third kappa shape index (κ3) is 2.43. The Morgan fingerprint density at radius 2 is 2.00 bits per heavy atom. The van der Waals surface area contributed by atoms with Crippen LogP contribution in [0, 0.1) is 6.92 Å². The fraction of sp³-hybridized carbons (Fsp3) is 0.438. The van der Waals surface area contributed by atoms with Crippen LogP contribution in [-0.4, -0.2) is 28.1 Å². The first-order valence-electron chi connectivity index (χ1n) is 7.22. The van der Waals surface area contributed by atoms with E-state index in [9.17, 15) is 9.90 Å². The number of nitrogens with zero attached hydrogens (tertiary/aromatic N) is 1. The fourth-order valence-corrected chi connectivity index (χ4v) is 2.92. The van der Waals surface area contributed by atoms with Gasteiger partial charge in [0.2, 0.25) is 0 Å². The Kier molecular flexibility index (Phi) is 3.49. The number of aromatic hydroxyl groups is 1. The molecule has 0 bridgehead atoms. The minimum atomic E-state index is -0.176. The van der Waals surface area contributed by atoms with E-state index >= 15 is 0 Å². The molecule has 106 valence electrons. The molecule has 0 atom stereocenters. The smallest absolute Gasteiger partial charge is 0.256 e. The normalized spacial score (nSPS) is 16.6. The molecule has 4 nitrogen and oxygen atoms in total. The maximum atomic E-state index is 12.2. The average Bonchev–Trinajstić information content (AvgIpc) is 2.46. The lowest BCUT2D eigenvalue weighted by Crippen LogP contribution is -2.31. The van der Waals surface area contributed by atoms with E-state index in [4.69, 9.17) is 0 Å². The van der Waals surface area contributed by atoms with Gasteiger partial charge in [0.05, 0.1) is 11.1 Å². The SMILES string of the molecule is Cc1ccc2[nH]c(=O)c(CN3CCCCC3)c(O)c2c1. The van der Waals surface area contributed by atoms with E-state index < -0.39 is 0 Å². The summed E-state index contributed by atoms with van der Waals surface area (Å²) >= 11 is 0. The molecular weight excluding hydrogens is 252 g/mol. The largest absolute Gasteiger partial charge is 0.507 e. The second kappa shape index (κ2) is 5.29. The van der Waals surface area contributed by atoms with Gasteiger partial charge in [-0.1, -0.05) is 18.1 Å². The number of aromatic nitrogens is 1. The van der Waals surface area contributed by atoms with Gasteiger partial charge in [0.15, 0.2) is 0 Å². The van der Waals surface area contributed by atoms with E-state index in [1.54, 1.807) is 0 Å². The molecule has 1 fully saturated rings. The minimum Gasteiger partial charge on any atom is -0.507 e. The van der Waals surface area contributed by atoms with Crippen LogP contribution in [0.5, 0.6) is 5.75 Å². The van der Waals surface area contributed by atoms with Gasteiger partial charge in [-0.25, -0.2) is 0 Å². The Balaban J connectivity index is 2.03. The van der Waals surface area contributed by atoms with E-state index in [2.05, 4.69) is 9.88 Å². The fourth-order valence-electron chi connectivity index (χ4n) is 2.92. The second-order valence-corrected chi connectivity index (χ2v) is 5.67. The van der Waals surface area contributed by atoms with Crippen LogP contribution in [0.15, 0.2) is 23.0 Å². The molecule has 0 radical (unpaired) electrons. The van der Waals surface area contributed by atoms with E-state index in [0.29, 0.717) is 17.6 Å². The van der Waals surface area contributed by atoms with Crippen LogP contribution in [0.25, 0.3) is 10.9 Å². The molecule has 1 saturated heterocycles. The quantitative estimate of drug-likeness (QED) is 0.883. The lowest BCUT2D eigenvalue weighted by molar-refractivity contribution is 0.218. The predicted octanol–water partition coefficient (Wildman–Crippen LogP) is 2.53. The number of pyridine rings is 1. The summed E-state index contributed by atoms with van der Waals surface area (Å²) in [5.41, 5.74) is 2.08. The van der Waals surface area contributed by atoms with E-state index in [0.717, 1.165) is 24.0 Å². The van der Waals surface area contributed by atoms with Gasteiger partial charge in [-0.05, 0) is 45.0 Å². The first-order valence-corrected chi connectivity index (χ1v) is 7.22. The number of nitrogens with one attached hydrogen (secondary N) is 1. The summed E-state index contributed by atoms with van der Waals surface area (Å²) in [4.78, 5) is 17.3. The molecule has 0 spiro atoms. The highest BCUT2D eigenvalue weighted by molar-refractivity contribution is 5.86. The van der Waals surface area contributed by atoms with Gasteiger partial charge in [0.25, 0.3) is 5.56 Å². The molecule has 2 N–H and O–H groups in total. The van der Waals surface area contributed by atoms with Crippen molar-refractivity contribution in [1.82, 2.24) is 9.88 Å². The molecule has 1 aromatic heterocycles. The van der Waals surface area contributed by atoms with E-state index in [1.165, 1.54) is 19.3 Å². The predicted molar refractivity (Wildman–Crippen MR) is 80.1 cm³/mol. The van der Waals surface area contributed by atoms with Gasteiger partial charge in [0, 0.05) is 11.9 Å². The minimum absolute atomic E-state index is 0.137. The Morgan fingerprint density at radius 3 is 2.75 bits per heavy atom. The van der Waals surface area contributed by atoms with Crippen molar-refractivity contribution in [2.45, 2.75) is 32.7 Å². The zero-order chi connectivity index (χ0) is 14.1. The van der Waals surface area contributed by atoms with Gasteiger partial charge in [-0.2, -0.15) is 0 Å². The molecular formula is C16H20N2O2. The van der Waals surface area contributed by atoms with Crippen molar-refractivity contribution in [3.05, 3.63) is 39.7 Å². The van der Waals surface area contributed by atoms with Crippen LogP contribution in [0.2, 0.25) is 0 Å². The molecule has 2 aromatic rings. The van der Waals surface area contributed by atoms with Crippen molar-refractivity contribution in [2.75, 3.05) is 13.1 Å². The molecule has 0 amide bonds. The number of aromatic amines is 1. The molecule has 1 aromatic carbocycles. The third-order valence-electron chi connectivity index (χ3n) is 4.07. The summed E-state index contributed by atoms with van der Waals surface area (Å²) in [5, 5.41) is 11.2. The number of likely N-dealkylation sites (tertiary alicyclic amines) is 1. The van der Waals surface area contributed by atoms with Crippen LogP contribution in [0.1, 0.15) is 30.4 Å². The molecule has 0 aliphatic carbocycles. The van der Waals surface area contributed by atoms with Crippen LogP contribution >= 0.6 is 0 Å². The first-order chi connectivity index (χ1) is 9.65. The van der Waals surface area contributed by atoms with Crippen LogP contribution in [0.4, 0.5) is 0 Å². The number of rotatable bonds is 2. The zero-order valence-electron chi connectivity index (χ0n) is 11.8. The number of H-pyrrole nitrogens is 1. The summed E-state index contributed by atoms with van der Waals surface area (Å²) in [6.07, 6.45) is 3.60. The molecule has 1 aliphatic heterocycles. The molecule has 0 unspecified atom stereocenters. The Bertz CT molecular complexity index is 685. The van der Waals surface area contributed by atoms with Gasteiger partial charge >= 0.3 is 0 Å². The first kappa shape index (κ1) is 13.2. The highest BCUT2D eigenvalue weighted by Crippen LogP contribution is 2.27.